The molecule has 0 bridgehead atoms. The smallest absolute Gasteiger partial charge is 0.357 e. The molecule has 0 unspecified atom stereocenters. The third kappa shape index (κ3) is 3.44. The summed E-state index contributed by atoms with van der Waals surface area (Å²) in [7, 11) is 0. The molecular weight excluding hydrogens is 330 g/mol. The van der Waals surface area contributed by atoms with Crippen molar-refractivity contribution in [3.05, 3.63) is 42.1 Å². The number of aromatic nitrogens is 1. The van der Waals surface area contributed by atoms with Gasteiger partial charge in [-0.05, 0) is 19.1 Å². The van der Waals surface area contributed by atoms with Crippen LogP contribution in [0.5, 0.6) is 5.75 Å². The molecule has 1 atom stereocenters. The number of ether oxygens (including phenoxy) is 1. The van der Waals surface area contributed by atoms with Gasteiger partial charge in [0.15, 0.2) is 11.8 Å². The number of nitrogens with one attached hydrogen (secondary N) is 1. The Morgan fingerprint density at radius 3 is 2.84 bits per heavy atom. The number of carbonyl (C=O) groups excluding carboxylic acids is 2. The van der Waals surface area contributed by atoms with E-state index in [9.17, 15) is 14.4 Å². The van der Waals surface area contributed by atoms with E-state index in [-0.39, 0.29) is 30.6 Å². The maximum Gasteiger partial charge on any atom is 0.357 e. The molecule has 1 aliphatic heterocycles. The monoisotopic (exact) mass is 345 g/mol. The van der Waals surface area contributed by atoms with Gasteiger partial charge in [-0.1, -0.05) is 12.1 Å². The molecule has 0 aliphatic carbocycles. The van der Waals surface area contributed by atoms with Crippen molar-refractivity contribution < 1.29 is 28.6 Å². The van der Waals surface area contributed by atoms with Crippen molar-refractivity contribution in [2.75, 3.05) is 11.4 Å². The number of carboxylic acid groups (broad SMARTS) is 1. The van der Waals surface area contributed by atoms with E-state index in [4.69, 9.17) is 14.3 Å². The van der Waals surface area contributed by atoms with Gasteiger partial charge >= 0.3 is 5.97 Å². The lowest BCUT2D eigenvalue weighted by molar-refractivity contribution is -0.128. The van der Waals surface area contributed by atoms with E-state index < -0.39 is 18.0 Å². The van der Waals surface area contributed by atoms with Crippen molar-refractivity contribution in [3.8, 4) is 5.75 Å². The number of rotatable bonds is 5. The number of hydrogen-bond donors (Lipinski definition) is 2. The highest BCUT2D eigenvalue weighted by Gasteiger charge is 2.32. The number of benzene rings is 1. The van der Waals surface area contributed by atoms with E-state index in [1.165, 1.54) is 4.90 Å². The molecule has 3 rings (SSSR count). The minimum atomic E-state index is -1.22. The van der Waals surface area contributed by atoms with Crippen molar-refractivity contribution in [1.82, 2.24) is 10.3 Å². The second-order valence-electron chi connectivity index (χ2n) is 5.36. The average Bonchev–Trinajstić information content (AvgIpc) is 3.06. The van der Waals surface area contributed by atoms with Crippen LogP contribution in [0.25, 0.3) is 0 Å². The fraction of sp³-hybridized carbons (Fsp3) is 0.250. The second-order valence-corrected chi connectivity index (χ2v) is 5.36. The SMILES string of the molecule is C[C@@H]1Oc2ccccc2N(CC(=O)NCc2nc(C(=O)O)co2)C1=O. The molecule has 9 heteroatoms. The Morgan fingerprint density at radius 2 is 2.12 bits per heavy atom. The lowest BCUT2D eigenvalue weighted by Gasteiger charge is -2.32. The Bertz CT molecular complexity index is 831. The summed E-state index contributed by atoms with van der Waals surface area (Å²) in [6.07, 6.45) is 0.306. The Labute approximate surface area is 142 Å². The summed E-state index contributed by atoms with van der Waals surface area (Å²) in [5.41, 5.74) is 0.278. The molecule has 0 radical (unpaired) electrons. The third-order valence-corrected chi connectivity index (χ3v) is 3.58. The summed E-state index contributed by atoms with van der Waals surface area (Å²) in [6.45, 7) is 1.33. The Morgan fingerprint density at radius 1 is 1.36 bits per heavy atom. The zero-order chi connectivity index (χ0) is 18.0. The van der Waals surface area contributed by atoms with Gasteiger partial charge in [0, 0.05) is 0 Å². The third-order valence-electron chi connectivity index (χ3n) is 3.58. The predicted molar refractivity (Wildman–Crippen MR) is 84.2 cm³/mol. The molecule has 25 heavy (non-hydrogen) atoms. The highest BCUT2D eigenvalue weighted by Crippen LogP contribution is 2.33. The van der Waals surface area contributed by atoms with Crippen LogP contribution in [0.3, 0.4) is 0 Å². The second kappa shape index (κ2) is 6.63. The molecule has 2 aromatic rings. The van der Waals surface area contributed by atoms with Gasteiger partial charge in [-0.25, -0.2) is 9.78 Å². The van der Waals surface area contributed by atoms with Gasteiger partial charge in [0.1, 0.15) is 18.6 Å². The predicted octanol–water partition coefficient (Wildman–Crippen LogP) is 0.803. The fourth-order valence-corrected chi connectivity index (χ4v) is 2.39. The molecule has 1 aromatic heterocycles. The summed E-state index contributed by atoms with van der Waals surface area (Å²) in [6, 6.07) is 6.95. The van der Waals surface area contributed by atoms with Crippen molar-refractivity contribution >= 4 is 23.5 Å². The van der Waals surface area contributed by atoms with Crippen LogP contribution >= 0.6 is 0 Å². The largest absolute Gasteiger partial charge is 0.479 e. The van der Waals surface area contributed by atoms with Crippen molar-refractivity contribution in [3.63, 3.8) is 0 Å². The van der Waals surface area contributed by atoms with Crippen LogP contribution in [0.1, 0.15) is 23.3 Å². The van der Waals surface area contributed by atoms with Gasteiger partial charge in [0.2, 0.25) is 11.8 Å². The lowest BCUT2D eigenvalue weighted by atomic mass is 10.2. The molecule has 1 aromatic carbocycles. The zero-order valence-corrected chi connectivity index (χ0v) is 13.3. The number of hydrogen-bond acceptors (Lipinski definition) is 6. The van der Waals surface area contributed by atoms with E-state index in [1.807, 2.05) is 0 Å². The van der Waals surface area contributed by atoms with Crippen LogP contribution in [0.15, 0.2) is 34.9 Å². The Kier molecular flexibility index (Phi) is 4.38. The van der Waals surface area contributed by atoms with Crippen LogP contribution in [-0.2, 0) is 16.1 Å². The number of para-hydroxylation sites is 2. The standard InChI is InChI=1S/C16H15N3O6/c1-9-15(21)19(11-4-2-3-5-12(11)25-9)7-13(20)17-6-14-18-10(8-24-14)16(22)23/h2-5,8-9H,6-7H2,1H3,(H,17,20)(H,22,23)/t9-/m0/s1. The van der Waals surface area contributed by atoms with Crippen LogP contribution in [-0.4, -0.2) is 40.5 Å². The van der Waals surface area contributed by atoms with Gasteiger partial charge in [-0.2, -0.15) is 0 Å². The number of fused-ring (bicyclic) bond motifs is 1. The molecule has 0 fully saturated rings. The molecule has 0 saturated carbocycles. The highest BCUT2D eigenvalue weighted by molar-refractivity contribution is 6.03. The number of aromatic carboxylic acids is 1. The van der Waals surface area contributed by atoms with Crippen molar-refractivity contribution in [2.45, 2.75) is 19.6 Å². The van der Waals surface area contributed by atoms with Crippen molar-refractivity contribution in [1.29, 1.82) is 0 Å². The van der Waals surface area contributed by atoms with E-state index in [2.05, 4.69) is 10.3 Å². The molecule has 130 valence electrons. The number of oxazole rings is 1. The Hall–Kier alpha value is -3.36. The van der Waals surface area contributed by atoms with E-state index in [0.29, 0.717) is 11.4 Å². The van der Waals surface area contributed by atoms with E-state index in [1.54, 1.807) is 31.2 Å². The summed E-state index contributed by atoms with van der Waals surface area (Å²) < 4.78 is 10.5. The summed E-state index contributed by atoms with van der Waals surface area (Å²) in [5, 5.41) is 11.3. The molecule has 9 nitrogen and oxygen atoms in total. The summed E-state index contributed by atoms with van der Waals surface area (Å²) >= 11 is 0. The van der Waals surface area contributed by atoms with Crippen LogP contribution in [0.2, 0.25) is 0 Å². The van der Waals surface area contributed by atoms with Gasteiger partial charge < -0.3 is 19.6 Å². The first-order valence-electron chi connectivity index (χ1n) is 7.47. The van der Waals surface area contributed by atoms with Gasteiger partial charge in [-0.15, -0.1) is 0 Å². The number of amides is 2. The first kappa shape index (κ1) is 16.5. The van der Waals surface area contributed by atoms with E-state index in [0.717, 1.165) is 6.26 Å². The first-order valence-corrected chi connectivity index (χ1v) is 7.47. The molecule has 0 saturated heterocycles. The van der Waals surface area contributed by atoms with Gasteiger partial charge in [0.25, 0.3) is 5.91 Å². The molecular formula is C16H15N3O6. The number of anilines is 1. The minimum absolute atomic E-state index is 0.0628. The lowest BCUT2D eigenvalue weighted by Crippen LogP contribution is -2.48. The molecule has 0 spiro atoms. The number of nitrogens with zero attached hydrogens (tertiary/aromatic N) is 2. The van der Waals surface area contributed by atoms with Gasteiger partial charge in [0.05, 0.1) is 12.2 Å². The van der Waals surface area contributed by atoms with Crippen LogP contribution < -0.4 is 15.0 Å². The normalized spacial score (nSPS) is 16.1. The maximum atomic E-state index is 12.3. The average molecular weight is 345 g/mol. The topological polar surface area (TPSA) is 122 Å². The first-order chi connectivity index (χ1) is 12.0. The van der Waals surface area contributed by atoms with Gasteiger partial charge in [-0.3, -0.25) is 14.5 Å². The maximum absolute atomic E-state index is 12.3. The van der Waals surface area contributed by atoms with Crippen LogP contribution in [0.4, 0.5) is 5.69 Å². The molecule has 1 aliphatic rings. The molecule has 2 N–H and O–H groups in total. The highest BCUT2D eigenvalue weighted by atomic mass is 16.5. The number of carboxylic acids is 1. The minimum Gasteiger partial charge on any atom is -0.479 e. The molecule has 2 amide bonds. The van der Waals surface area contributed by atoms with E-state index >= 15 is 0 Å². The molecule has 2 heterocycles. The number of carbonyl (C=O) groups is 3. The quantitative estimate of drug-likeness (QED) is 0.822. The zero-order valence-electron chi connectivity index (χ0n) is 13.3. The fourth-order valence-electron chi connectivity index (χ4n) is 2.39. The summed E-state index contributed by atoms with van der Waals surface area (Å²) in [5.74, 6) is -1.38. The Balaban J connectivity index is 1.65. The summed E-state index contributed by atoms with van der Waals surface area (Å²) in [4.78, 5) is 40.2. The van der Waals surface area contributed by atoms with Crippen molar-refractivity contribution in [2.24, 2.45) is 0 Å². The van der Waals surface area contributed by atoms with Crippen LogP contribution in [0, 0.1) is 0 Å².